The van der Waals surface area contributed by atoms with Crippen LogP contribution in [0, 0.1) is 20.8 Å². The van der Waals surface area contributed by atoms with E-state index in [-0.39, 0.29) is 22.5 Å². The molecule has 4 rings (SSSR count). The van der Waals surface area contributed by atoms with Crippen LogP contribution < -0.4 is 10.6 Å². The molecule has 0 bridgehead atoms. The number of carbonyl (C=O) groups excluding carboxylic acids is 2. The maximum absolute atomic E-state index is 13.5. The highest BCUT2D eigenvalue weighted by Gasteiger charge is 2.40. The van der Waals surface area contributed by atoms with Crippen LogP contribution in [-0.2, 0) is 14.8 Å². The van der Waals surface area contributed by atoms with Crippen molar-refractivity contribution in [3.05, 3.63) is 77.2 Å². The summed E-state index contributed by atoms with van der Waals surface area (Å²) in [4.78, 5) is 25.4. The van der Waals surface area contributed by atoms with E-state index in [4.69, 9.17) is 4.42 Å². The highest BCUT2D eigenvalue weighted by Crippen LogP contribution is 2.31. The molecule has 1 atom stereocenters. The first-order chi connectivity index (χ1) is 16.2. The molecule has 1 saturated heterocycles. The molecular weight excluding hydrogens is 454 g/mol. The van der Waals surface area contributed by atoms with Gasteiger partial charge in [-0.3, -0.25) is 9.59 Å². The molecule has 3 aromatic rings. The first kappa shape index (κ1) is 23.7. The van der Waals surface area contributed by atoms with E-state index in [0.29, 0.717) is 41.9 Å². The minimum Gasteiger partial charge on any atom is -0.459 e. The van der Waals surface area contributed by atoms with Crippen LogP contribution in [0.25, 0.3) is 0 Å². The second kappa shape index (κ2) is 9.44. The van der Waals surface area contributed by atoms with Crippen LogP contribution in [0.1, 0.15) is 40.1 Å². The fourth-order valence-corrected chi connectivity index (χ4v) is 6.52. The molecular formula is C25H27N3O5S. The Morgan fingerprint density at radius 1 is 0.971 bits per heavy atom. The molecule has 0 radical (unpaired) electrons. The predicted octanol–water partition coefficient (Wildman–Crippen LogP) is 4.25. The summed E-state index contributed by atoms with van der Waals surface area (Å²) < 4.78 is 33.4. The number of nitrogens with one attached hydrogen (secondary N) is 2. The van der Waals surface area contributed by atoms with Crippen molar-refractivity contribution in [3.8, 4) is 0 Å². The Morgan fingerprint density at radius 2 is 1.59 bits per heavy atom. The van der Waals surface area contributed by atoms with Gasteiger partial charge in [-0.05, 0) is 81.1 Å². The topological polar surface area (TPSA) is 109 Å². The summed E-state index contributed by atoms with van der Waals surface area (Å²) >= 11 is 0. The highest BCUT2D eigenvalue weighted by atomic mass is 32.2. The molecule has 178 valence electrons. The third kappa shape index (κ3) is 4.76. The number of furan rings is 1. The van der Waals surface area contributed by atoms with Crippen molar-refractivity contribution in [1.29, 1.82) is 0 Å². The van der Waals surface area contributed by atoms with Gasteiger partial charge in [0.15, 0.2) is 5.76 Å². The number of hydrogen-bond acceptors (Lipinski definition) is 5. The molecule has 2 aromatic carbocycles. The average Bonchev–Trinajstić information content (AvgIpc) is 3.47. The van der Waals surface area contributed by atoms with Crippen molar-refractivity contribution in [1.82, 2.24) is 4.31 Å². The molecule has 2 heterocycles. The molecule has 0 aliphatic carbocycles. The second-order valence-corrected chi connectivity index (χ2v) is 10.3. The van der Waals surface area contributed by atoms with Crippen LogP contribution in [0.3, 0.4) is 0 Å². The van der Waals surface area contributed by atoms with Crippen molar-refractivity contribution >= 4 is 33.2 Å². The number of rotatable bonds is 6. The third-order valence-corrected chi connectivity index (χ3v) is 8.05. The van der Waals surface area contributed by atoms with Crippen LogP contribution in [0.5, 0.6) is 0 Å². The van der Waals surface area contributed by atoms with Gasteiger partial charge in [-0.25, -0.2) is 8.42 Å². The molecule has 1 aliphatic rings. The van der Waals surface area contributed by atoms with Crippen molar-refractivity contribution in [2.24, 2.45) is 0 Å². The number of sulfonamides is 1. The van der Waals surface area contributed by atoms with Gasteiger partial charge >= 0.3 is 0 Å². The van der Waals surface area contributed by atoms with Gasteiger partial charge in [0.1, 0.15) is 6.04 Å². The number of hydrogen-bond donors (Lipinski definition) is 2. The fraction of sp³-hybridized carbons (Fsp3) is 0.280. The lowest BCUT2D eigenvalue weighted by Crippen LogP contribution is -2.43. The molecule has 0 spiro atoms. The van der Waals surface area contributed by atoms with Gasteiger partial charge in [0, 0.05) is 17.9 Å². The molecule has 2 amide bonds. The van der Waals surface area contributed by atoms with Gasteiger partial charge in [0.25, 0.3) is 5.91 Å². The zero-order valence-corrected chi connectivity index (χ0v) is 20.1. The average molecular weight is 482 g/mol. The molecule has 1 aromatic heterocycles. The first-order valence-corrected chi connectivity index (χ1v) is 12.5. The molecule has 1 aliphatic heterocycles. The quantitative estimate of drug-likeness (QED) is 0.547. The number of anilines is 2. The first-order valence-electron chi connectivity index (χ1n) is 11.0. The maximum atomic E-state index is 13.5. The molecule has 8 nitrogen and oxygen atoms in total. The molecule has 1 fully saturated rings. The van der Waals surface area contributed by atoms with Crippen molar-refractivity contribution < 1.29 is 22.4 Å². The minimum atomic E-state index is -3.83. The van der Waals surface area contributed by atoms with E-state index in [9.17, 15) is 18.0 Å². The van der Waals surface area contributed by atoms with Crippen LogP contribution in [0.2, 0.25) is 0 Å². The summed E-state index contributed by atoms with van der Waals surface area (Å²) in [5.74, 6) is -0.565. The van der Waals surface area contributed by atoms with E-state index in [1.807, 2.05) is 19.1 Å². The van der Waals surface area contributed by atoms with Crippen molar-refractivity contribution in [2.45, 2.75) is 44.6 Å². The lowest BCUT2D eigenvalue weighted by molar-refractivity contribution is -0.119. The maximum Gasteiger partial charge on any atom is 0.291 e. The lowest BCUT2D eigenvalue weighted by atomic mass is 10.1. The normalized spacial score (nSPS) is 16.4. The number of benzene rings is 2. The molecule has 34 heavy (non-hydrogen) atoms. The Kier molecular flexibility index (Phi) is 6.58. The van der Waals surface area contributed by atoms with E-state index in [1.54, 1.807) is 50.2 Å². The third-order valence-electron chi connectivity index (χ3n) is 5.83. The molecule has 0 saturated carbocycles. The lowest BCUT2D eigenvalue weighted by Gasteiger charge is -2.25. The molecule has 1 unspecified atom stereocenters. The Morgan fingerprint density at radius 3 is 2.18 bits per heavy atom. The van der Waals surface area contributed by atoms with Gasteiger partial charge in [-0.1, -0.05) is 17.7 Å². The van der Waals surface area contributed by atoms with Gasteiger partial charge in [0.05, 0.1) is 11.2 Å². The monoisotopic (exact) mass is 481 g/mol. The largest absolute Gasteiger partial charge is 0.459 e. The Bertz CT molecular complexity index is 1290. The summed E-state index contributed by atoms with van der Waals surface area (Å²) in [6, 6.07) is 12.7. The number of aryl methyl sites for hydroxylation is 3. The predicted molar refractivity (Wildman–Crippen MR) is 129 cm³/mol. The van der Waals surface area contributed by atoms with Crippen molar-refractivity contribution in [3.63, 3.8) is 0 Å². The van der Waals surface area contributed by atoms with E-state index in [0.717, 1.165) is 5.56 Å². The van der Waals surface area contributed by atoms with Gasteiger partial charge < -0.3 is 15.1 Å². The zero-order valence-electron chi connectivity index (χ0n) is 19.3. The van der Waals surface area contributed by atoms with Gasteiger partial charge in [-0.2, -0.15) is 4.31 Å². The molecule has 9 heteroatoms. The Hall–Kier alpha value is -3.43. The fourth-order valence-electron chi connectivity index (χ4n) is 4.44. The van der Waals surface area contributed by atoms with Crippen LogP contribution >= 0.6 is 0 Å². The zero-order chi connectivity index (χ0) is 24.5. The second-order valence-electron chi connectivity index (χ2n) is 8.50. The number of amides is 2. The van der Waals surface area contributed by atoms with E-state index in [2.05, 4.69) is 10.6 Å². The summed E-state index contributed by atoms with van der Waals surface area (Å²) in [6.07, 6.45) is 2.48. The summed E-state index contributed by atoms with van der Waals surface area (Å²) in [6.45, 7) is 5.79. The van der Waals surface area contributed by atoms with Gasteiger partial charge in [-0.15, -0.1) is 0 Å². The van der Waals surface area contributed by atoms with Crippen LogP contribution in [0.15, 0.2) is 64.1 Å². The number of carbonyl (C=O) groups is 2. The summed E-state index contributed by atoms with van der Waals surface area (Å²) in [5, 5.41) is 5.51. The molecule has 2 N–H and O–H groups in total. The smallest absolute Gasteiger partial charge is 0.291 e. The minimum absolute atomic E-state index is 0.193. The number of nitrogens with zero attached hydrogens (tertiary/aromatic N) is 1. The summed E-state index contributed by atoms with van der Waals surface area (Å²) in [7, 11) is -3.83. The van der Waals surface area contributed by atoms with Gasteiger partial charge in [0.2, 0.25) is 15.9 Å². The van der Waals surface area contributed by atoms with Crippen LogP contribution in [0.4, 0.5) is 11.4 Å². The summed E-state index contributed by atoms with van der Waals surface area (Å²) in [5.41, 5.74) is 3.39. The SMILES string of the molecule is Cc1cc(C)c(S(=O)(=O)N2CCCC2C(=O)Nc2ccc(NC(=O)c3ccco3)cc2)c(C)c1. The standard InChI is InChI=1S/C25H27N3O5S/c1-16-14-17(2)23(18(3)15-16)34(31,32)28-12-4-6-21(28)24(29)26-19-8-10-20(11-9-19)27-25(30)22-7-5-13-33-22/h5,7-11,13-15,21H,4,6,12H2,1-3H3,(H,26,29)(H,27,30). The van der Waals surface area contributed by atoms with Crippen molar-refractivity contribution in [2.75, 3.05) is 17.2 Å². The Balaban J connectivity index is 1.47. The van der Waals surface area contributed by atoms with E-state index < -0.39 is 16.1 Å². The Labute approximate surface area is 199 Å². The highest BCUT2D eigenvalue weighted by molar-refractivity contribution is 7.89. The van der Waals surface area contributed by atoms with E-state index in [1.165, 1.54) is 10.6 Å². The van der Waals surface area contributed by atoms with Crippen LogP contribution in [-0.4, -0.2) is 37.1 Å². The van der Waals surface area contributed by atoms with E-state index >= 15 is 0 Å².